The summed E-state index contributed by atoms with van der Waals surface area (Å²) in [6, 6.07) is 20.1. The number of hydrogen-bond donors (Lipinski definition) is 1. The number of thiophene rings is 1. The van der Waals surface area contributed by atoms with Crippen LogP contribution in [-0.2, 0) is 6.54 Å². The van der Waals surface area contributed by atoms with E-state index in [1.165, 1.54) is 5.56 Å². The first-order chi connectivity index (χ1) is 12.3. The Morgan fingerprint density at radius 2 is 1.76 bits per heavy atom. The van der Waals surface area contributed by atoms with E-state index in [1.54, 1.807) is 18.4 Å². The summed E-state index contributed by atoms with van der Waals surface area (Å²) in [5.74, 6) is 2.47. The van der Waals surface area contributed by atoms with Crippen molar-refractivity contribution < 1.29 is 4.74 Å². The fraction of sp³-hybridized carbons (Fsp3) is 0.100. The Morgan fingerprint density at radius 3 is 2.52 bits per heavy atom. The van der Waals surface area contributed by atoms with Gasteiger partial charge in [0.1, 0.15) is 11.6 Å². The average molecular weight is 347 g/mol. The molecule has 0 saturated carbocycles. The van der Waals surface area contributed by atoms with Crippen LogP contribution in [0, 0.1) is 0 Å². The number of fused-ring (bicyclic) bond motifs is 1. The summed E-state index contributed by atoms with van der Waals surface area (Å²) in [5.41, 5.74) is 3.16. The van der Waals surface area contributed by atoms with E-state index in [0.717, 1.165) is 33.2 Å². The second-order valence-corrected chi connectivity index (χ2v) is 6.51. The number of nitrogens with zero attached hydrogens (tertiary/aromatic N) is 2. The van der Waals surface area contributed by atoms with Gasteiger partial charge in [-0.05, 0) is 29.1 Å². The van der Waals surface area contributed by atoms with Gasteiger partial charge in [0.2, 0.25) is 0 Å². The minimum absolute atomic E-state index is 0.697. The summed E-state index contributed by atoms with van der Waals surface area (Å²) in [5, 5.41) is 5.50. The van der Waals surface area contributed by atoms with Crippen LogP contribution in [0.25, 0.3) is 21.6 Å². The second kappa shape index (κ2) is 6.91. The summed E-state index contributed by atoms with van der Waals surface area (Å²) in [4.78, 5) is 9.44. The van der Waals surface area contributed by atoms with Crippen molar-refractivity contribution in [2.24, 2.45) is 0 Å². The van der Waals surface area contributed by atoms with E-state index in [0.29, 0.717) is 6.54 Å². The van der Waals surface area contributed by atoms with Crippen LogP contribution in [-0.4, -0.2) is 17.1 Å². The molecule has 2 heterocycles. The highest BCUT2D eigenvalue weighted by atomic mass is 32.1. The molecule has 0 radical (unpaired) electrons. The third-order valence-electron chi connectivity index (χ3n) is 3.95. The first-order valence-corrected chi connectivity index (χ1v) is 8.89. The molecule has 0 unspecified atom stereocenters. The molecule has 2 aromatic heterocycles. The Labute approximate surface area is 150 Å². The lowest BCUT2D eigenvalue weighted by atomic mass is 10.2. The zero-order chi connectivity index (χ0) is 17.1. The van der Waals surface area contributed by atoms with Gasteiger partial charge in [-0.15, -0.1) is 11.3 Å². The lowest BCUT2D eigenvalue weighted by Gasteiger charge is -2.09. The van der Waals surface area contributed by atoms with Gasteiger partial charge in [0.05, 0.1) is 17.3 Å². The van der Waals surface area contributed by atoms with Crippen molar-refractivity contribution in [3.05, 3.63) is 71.6 Å². The molecule has 4 rings (SSSR count). The molecule has 0 spiro atoms. The first-order valence-electron chi connectivity index (χ1n) is 8.01. The highest BCUT2D eigenvalue weighted by Gasteiger charge is 2.10. The predicted octanol–water partition coefficient (Wildman–Crippen LogP) is 4.98. The van der Waals surface area contributed by atoms with Gasteiger partial charge in [0.25, 0.3) is 0 Å². The lowest BCUT2D eigenvalue weighted by molar-refractivity contribution is 0.414. The second-order valence-electron chi connectivity index (χ2n) is 5.60. The summed E-state index contributed by atoms with van der Waals surface area (Å²) in [6.45, 7) is 0.697. The Morgan fingerprint density at radius 1 is 0.960 bits per heavy atom. The van der Waals surface area contributed by atoms with E-state index in [1.807, 2.05) is 53.9 Å². The van der Waals surface area contributed by atoms with Gasteiger partial charge in [-0.25, -0.2) is 9.97 Å². The summed E-state index contributed by atoms with van der Waals surface area (Å²) < 4.78 is 6.28. The van der Waals surface area contributed by atoms with E-state index in [-0.39, 0.29) is 0 Å². The van der Waals surface area contributed by atoms with Gasteiger partial charge in [0, 0.05) is 12.1 Å². The molecule has 2 aromatic carbocycles. The summed E-state index contributed by atoms with van der Waals surface area (Å²) in [7, 11) is 1.67. The van der Waals surface area contributed by atoms with Crippen LogP contribution in [0.15, 0.2) is 66.0 Å². The smallest absolute Gasteiger partial charge is 0.162 e. The molecule has 0 fully saturated rings. The van der Waals surface area contributed by atoms with E-state index in [2.05, 4.69) is 22.4 Å². The van der Waals surface area contributed by atoms with Crippen molar-refractivity contribution in [1.82, 2.24) is 9.97 Å². The number of rotatable bonds is 5. The molecule has 0 aliphatic rings. The van der Waals surface area contributed by atoms with Crippen LogP contribution >= 0.6 is 11.3 Å². The summed E-state index contributed by atoms with van der Waals surface area (Å²) in [6.07, 6.45) is 0. The van der Waals surface area contributed by atoms with E-state index < -0.39 is 0 Å². The van der Waals surface area contributed by atoms with Gasteiger partial charge in [-0.2, -0.15) is 0 Å². The van der Waals surface area contributed by atoms with Gasteiger partial charge in [0.15, 0.2) is 5.82 Å². The number of benzene rings is 2. The number of nitrogens with one attached hydrogen (secondary N) is 1. The number of aromatic nitrogens is 2. The average Bonchev–Trinajstić information content (AvgIpc) is 3.16. The molecular weight excluding hydrogens is 330 g/mol. The van der Waals surface area contributed by atoms with Crippen molar-refractivity contribution in [1.29, 1.82) is 0 Å². The van der Waals surface area contributed by atoms with Gasteiger partial charge in [-0.1, -0.05) is 42.5 Å². The molecule has 0 saturated heterocycles. The van der Waals surface area contributed by atoms with E-state index >= 15 is 0 Å². The number of anilines is 1. The third-order valence-corrected chi connectivity index (χ3v) is 4.86. The molecule has 4 aromatic rings. The van der Waals surface area contributed by atoms with Gasteiger partial charge in [-0.3, -0.25) is 0 Å². The van der Waals surface area contributed by atoms with Gasteiger partial charge < -0.3 is 10.1 Å². The monoisotopic (exact) mass is 347 g/mol. The Balaban J connectivity index is 1.64. The van der Waals surface area contributed by atoms with Crippen LogP contribution < -0.4 is 10.1 Å². The van der Waals surface area contributed by atoms with Crippen molar-refractivity contribution >= 4 is 27.4 Å². The molecular formula is C20H17N3OS. The molecule has 0 bridgehead atoms. The van der Waals surface area contributed by atoms with Crippen LogP contribution in [0.5, 0.6) is 5.75 Å². The quantitative estimate of drug-likeness (QED) is 0.553. The van der Waals surface area contributed by atoms with Crippen LogP contribution in [0.3, 0.4) is 0 Å². The lowest BCUT2D eigenvalue weighted by Crippen LogP contribution is -2.03. The zero-order valence-corrected chi connectivity index (χ0v) is 14.6. The zero-order valence-electron chi connectivity index (χ0n) is 13.8. The molecule has 4 nitrogen and oxygen atoms in total. The molecule has 0 aliphatic heterocycles. The Kier molecular flexibility index (Phi) is 4.31. The fourth-order valence-corrected chi connectivity index (χ4v) is 3.43. The third kappa shape index (κ3) is 3.32. The molecule has 0 amide bonds. The summed E-state index contributed by atoms with van der Waals surface area (Å²) >= 11 is 1.65. The minimum atomic E-state index is 0.697. The van der Waals surface area contributed by atoms with Crippen LogP contribution in [0.2, 0.25) is 0 Å². The van der Waals surface area contributed by atoms with Crippen LogP contribution in [0.4, 0.5) is 5.82 Å². The van der Waals surface area contributed by atoms with Crippen molar-refractivity contribution in [3.8, 4) is 17.1 Å². The largest absolute Gasteiger partial charge is 0.497 e. The van der Waals surface area contributed by atoms with E-state index in [9.17, 15) is 0 Å². The maximum absolute atomic E-state index is 5.20. The Hall–Kier alpha value is -2.92. The standard InChI is InChI=1S/C20H17N3OS/c1-24-16-9-7-14(8-10-16)13-21-20-18-17(11-12-25-18)22-19(23-20)15-5-3-2-4-6-15/h2-12H,13H2,1H3,(H,21,22,23). The normalized spacial score (nSPS) is 10.8. The Bertz CT molecular complexity index is 981. The van der Waals surface area contributed by atoms with Crippen LogP contribution in [0.1, 0.15) is 5.56 Å². The number of ether oxygens (including phenoxy) is 1. The maximum Gasteiger partial charge on any atom is 0.162 e. The SMILES string of the molecule is COc1ccc(CNc2nc(-c3ccccc3)nc3ccsc23)cc1. The fourth-order valence-electron chi connectivity index (χ4n) is 2.63. The highest BCUT2D eigenvalue weighted by Crippen LogP contribution is 2.29. The first kappa shape index (κ1) is 15.6. The van der Waals surface area contributed by atoms with E-state index in [4.69, 9.17) is 9.72 Å². The molecule has 5 heteroatoms. The molecule has 25 heavy (non-hydrogen) atoms. The van der Waals surface area contributed by atoms with Crippen molar-refractivity contribution in [3.63, 3.8) is 0 Å². The number of methoxy groups -OCH3 is 1. The molecule has 0 aliphatic carbocycles. The molecule has 1 N–H and O–H groups in total. The van der Waals surface area contributed by atoms with Crippen molar-refractivity contribution in [2.75, 3.05) is 12.4 Å². The highest BCUT2D eigenvalue weighted by molar-refractivity contribution is 7.17. The number of hydrogen-bond acceptors (Lipinski definition) is 5. The molecule has 0 atom stereocenters. The topological polar surface area (TPSA) is 47.0 Å². The molecule has 124 valence electrons. The maximum atomic E-state index is 5.20. The minimum Gasteiger partial charge on any atom is -0.497 e. The predicted molar refractivity (Wildman–Crippen MR) is 103 cm³/mol. The van der Waals surface area contributed by atoms with Gasteiger partial charge >= 0.3 is 0 Å². The van der Waals surface area contributed by atoms with Crippen molar-refractivity contribution in [2.45, 2.75) is 6.54 Å².